The van der Waals surface area contributed by atoms with E-state index in [1.807, 2.05) is 0 Å². The van der Waals surface area contributed by atoms with Crippen molar-refractivity contribution in [3.8, 4) is 0 Å². The highest BCUT2D eigenvalue weighted by Crippen LogP contribution is 1.96. The van der Waals surface area contributed by atoms with Gasteiger partial charge in [0.15, 0.2) is 0 Å². The van der Waals surface area contributed by atoms with Crippen molar-refractivity contribution in [2.75, 3.05) is 19.6 Å². The minimum absolute atomic E-state index is 0.520. The normalized spacial score (nSPS) is 11.5. The molecule has 0 spiro atoms. The number of carboxylic acid groups (broad SMARTS) is 1. The average molecular weight is 248 g/mol. The topological polar surface area (TPSA) is 141 Å². The molecule has 0 saturated carbocycles. The Morgan fingerprint density at radius 2 is 1.29 bits per heavy atom. The lowest BCUT2D eigenvalue weighted by Crippen LogP contribution is -2.29. The molecule has 0 radical (unpaired) electrons. The quantitative estimate of drug-likeness (QED) is 0.351. The van der Waals surface area contributed by atoms with Gasteiger partial charge in [-0.3, -0.25) is 4.79 Å². The van der Waals surface area contributed by atoms with E-state index >= 15 is 0 Å². The molecular formula is C11H28N4O2. The third-order valence-electron chi connectivity index (χ3n) is 2.19. The first-order valence-corrected chi connectivity index (χ1v) is 6.18. The molecule has 1 unspecified atom stereocenters. The second-order valence-electron chi connectivity index (χ2n) is 3.87. The maximum absolute atomic E-state index is 10.1. The minimum Gasteiger partial charge on any atom is -0.480 e. The lowest BCUT2D eigenvalue weighted by molar-refractivity contribution is -0.138. The van der Waals surface area contributed by atoms with Crippen LogP contribution in [0.5, 0.6) is 0 Å². The summed E-state index contributed by atoms with van der Waals surface area (Å²) in [5, 5.41) is 8.33. The molecular weight excluding hydrogens is 220 g/mol. The molecule has 0 heterocycles. The Morgan fingerprint density at radius 3 is 1.65 bits per heavy atom. The first kappa shape index (κ1) is 18.7. The Labute approximate surface area is 104 Å². The van der Waals surface area contributed by atoms with Gasteiger partial charge < -0.3 is 28.0 Å². The van der Waals surface area contributed by atoms with E-state index < -0.39 is 12.0 Å². The summed E-state index contributed by atoms with van der Waals surface area (Å²) in [6, 6.07) is -0.716. The van der Waals surface area contributed by atoms with E-state index in [0.29, 0.717) is 13.0 Å². The second-order valence-corrected chi connectivity index (χ2v) is 3.87. The van der Waals surface area contributed by atoms with Gasteiger partial charge in [-0.05, 0) is 45.3 Å². The van der Waals surface area contributed by atoms with Gasteiger partial charge in [-0.15, -0.1) is 0 Å². The molecule has 0 fully saturated rings. The number of nitrogens with two attached hydrogens (primary N) is 4. The molecule has 6 nitrogen and oxygen atoms in total. The molecule has 0 aliphatic rings. The van der Waals surface area contributed by atoms with Crippen LogP contribution in [0, 0.1) is 0 Å². The van der Waals surface area contributed by atoms with Crippen molar-refractivity contribution >= 4 is 5.97 Å². The summed E-state index contributed by atoms with van der Waals surface area (Å²) in [6.07, 6.45) is 5.60. The number of hydrogen-bond acceptors (Lipinski definition) is 5. The molecule has 0 bridgehead atoms. The highest BCUT2D eigenvalue weighted by molar-refractivity contribution is 5.72. The first-order valence-electron chi connectivity index (χ1n) is 6.18. The van der Waals surface area contributed by atoms with Gasteiger partial charge in [-0.2, -0.15) is 0 Å². The number of rotatable bonds is 9. The zero-order chi connectivity index (χ0) is 13.5. The highest BCUT2D eigenvalue weighted by Gasteiger charge is 2.09. The average Bonchev–Trinajstić information content (AvgIpc) is 2.30. The van der Waals surface area contributed by atoms with Crippen LogP contribution in [-0.2, 0) is 4.79 Å². The van der Waals surface area contributed by atoms with E-state index in [9.17, 15) is 4.79 Å². The number of hydrogen-bond donors (Lipinski definition) is 5. The van der Waals surface area contributed by atoms with Crippen molar-refractivity contribution in [1.82, 2.24) is 0 Å². The molecule has 0 saturated heterocycles. The standard InChI is InChI=1S/C6H14N2O2.C5H14N2/c7-4-2-1-3-5(8)6(9)10;6-4-2-1-3-5-7/h5H,1-4,7-8H2,(H,9,10);1-7H2. The Hall–Kier alpha value is -0.690. The maximum Gasteiger partial charge on any atom is 0.320 e. The van der Waals surface area contributed by atoms with Gasteiger partial charge in [0.05, 0.1) is 0 Å². The van der Waals surface area contributed by atoms with Gasteiger partial charge in [0, 0.05) is 0 Å². The van der Waals surface area contributed by atoms with Gasteiger partial charge in [0.2, 0.25) is 0 Å². The zero-order valence-corrected chi connectivity index (χ0v) is 10.6. The molecule has 0 rings (SSSR count). The fraction of sp³-hybridized carbons (Fsp3) is 0.909. The molecule has 1 atom stereocenters. The number of carbonyl (C=O) groups is 1. The lowest BCUT2D eigenvalue weighted by Gasteiger charge is -2.03. The SMILES string of the molecule is NCCCCC(N)C(=O)O.NCCCCCN. The predicted octanol–water partition coefficient (Wildman–Crippen LogP) is -0.399. The van der Waals surface area contributed by atoms with Crippen molar-refractivity contribution in [3.63, 3.8) is 0 Å². The monoisotopic (exact) mass is 248 g/mol. The summed E-state index contributed by atoms with van der Waals surface area (Å²) < 4.78 is 0. The molecule has 0 amide bonds. The fourth-order valence-electron chi connectivity index (χ4n) is 1.10. The Kier molecular flexibility index (Phi) is 16.8. The smallest absolute Gasteiger partial charge is 0.320 e. The maximum atomic E-state index is 10.1. The summed E-state index contributed by atoms with van der Waals surface area (Å²) in [6.45, 7) is 2.21. The first-order chi connectivity index (χ1) is 8.09. The minimum atomic E-state index is -0.933. The summed E-state index contributed by atoms with van der Waals surface area (Å²) in [7, 11) is 0. The van der Waals surface area contributed by atoms with Crippen LogP contribution in [0.15, 0.2) is 0 Å². The van der Waals surface area contributed by atoms with Crippen LogP contribution in [0.25, 0.3) is 0 Å². The number of aliphatic carboxylic acids is 1. The Balaban J connectivity index is 0. The van der Waals surface area contributed by atoms with Crippen LogP contribution in [0.2, 0.25) is 0 Å². The molecule has 9 N–H and O–H groups in total. The zero-order valence-electron chi connectivity index (χ0n) is 10.6. The predicted molar refractivity (Wildman–Crippen MR) is 70.5 cm³/mol. The molecule has 0 aromatic rings. The van der Waals surface area contributed by atoms with E-state index in [2.05, 4.69) is 0 Å². The fourth-order valence-corrected chi connectivity index (χ4v) is 1.10. The molecule has 104 valence electrons. The van der Waals surface area contributed by atoms with E-state index in [1.165, 1.54) is 6.42 Å². The number of unbranched alkanes of at least 4 members (excludes halogenated alkanes) is 3. The van der Waals surface area contributed by atoms with E-state index in [0.717, 1.165) is 38.8 Å². The molecule has 17 heavy (non-hydrogen) atoms. The van der Waals surface area contributed by atoms with Crippen LogP contribution in [0.3, 0.4) is 0 Å². The van der Waals surface area contributed by atoms with Crippen molar-refractivity contribution in [1.29, 1.82) is 0 Å². The summed E-state index contributed by atoms with van der Waals surface area (Å²) >= 11 is 0. The van der Waals surface area contributed by atoms with Gasteiger partial charge in [0.25, 0.3) is 0 Å². The largest absolute Gasteiger partial charge is 0.480 e. The molecule has 0 aliphatic carbocycles. The lowest BCUT2D eigenvalue weighted by atomic mass is 10.1. The number of carboxylic acids is 1. The molecule has 0 aromatic heterocycles. The van der Waals surface area contributed by atoms with E-state index in [-0.39, 0.29) is 0 Å². The van der Waals surface area contributed by atoms with Crippen LogP contribution in [-0.4, -0.2) is 36.8 Å². The van der Waals surface area contributed by atoms with Gasteiger partial charge in [-0.1, -0.05) is 12.8 Å². The van der Waals surface area contributed by atoms with Crippen LogP contribution in [0.4, 0.5) is 0 Å². The highest BCUT2D eigenvalue weighted by atomic mass is 16.4. The third-order valence-corrected chi connectivity index (χ3v) is 2.19. The van der Waals surface area contributed by atoms with Crippen molar-refractivity contribution in [2.24, 2.45) is 22.9 Å². The second kappa shape index (κ2) is 15.3. The summed E-state index contributed by atoms with van der Waals surface area (Å²) in [4.78, 5) is 10.1. The van der Waals surface area contributed by atoms with Crippen LogP contribution >= 0.6 is 0 Å². The van der Waals surface area contributed by atoms with Gasteiger partial charge >= 0.3 is 5.97 Å². The molecule has 0 aliphatic heterocycles. The summed E-state index contributed by atoms with van der Waals surface area (Å²) in [5.74, 6) is -0.933. The van der Waals surface area contributed by atoms with Gasteiger partial charge in [0.1, 0.15) is 6.04 Å². The Morgan fingerprint density at radius 1 is 0.882 bits per heavy atom. The van der Waals surface area contributed by atoms with Crippen molar-refractivity contribution in [3.05, 3.63) is 0 Å². The van der Waals surface area contributed by atoms with E-state index in [4.69, 9.17) is 28.0 Å². The van der Waals surface area contributed by atoms with Crippen molar-refractivity contribution < 1.29 is 9.90 Å². The Bertz CT molecular complexity index is 164. The summed E-state index contributed by atoms with van der Waals surface area (Å²) in [5.41, 5.74) is 20.9. The van der Waals surface area contributed by atoms with Crippen molar-refractivity contribution in [2.45, 2.75) is 44.6 Å². The third kappa shape index (κ3) is 17.9. The van der Waals surface area contributed by atoms with Gasteiger partial charge in [-0.25, -0.2) is 0 Å². The van der Waals surface area contributed by atoms with E-state index in [1.54, 1.807) is 0 Å². The molecule has 0 aromatic carbocycles. The van der Waals surface area contributed by atoms with Crippen LogP contribution < -0.4 is 22.9 Å². The molecule has 6 heteroatoms. The van der Waals surface area contributed by atoms with Crippen LogP contribution in [0.1, 0.15) is 38.5 Å².